The maximum absolute atomic E-state index is 10.3. The highest BCUT2D eigenvalue weighted by Crippen LogP contribution is 2.62. The molecule has 1 N–H and O–H groups in total. The Morgan fingerprint density at radius 2 is 2.05 bits per heavy atom. The first kappa shape index (κ1) is 16.8. The lowest BCUT2D eigenvalue weighted by molar-refractivity contribution is -0.0649. The van der Waals surface area contributed by atoms with Gasteiger partial charge in [0.2, 0.25) is 0 Å². The number of fused-ring (bicyclic) bond motifs is 1. The summed E-state index contributed by atoms with van der Waals surface area (Å²) in [5, 5.41) is 10.3. The molecule has 0 aromatic carbocycles. The van der Waals surface area contributed by atoms with E-state index in [9.17, 15) is 5.11 Å². The molecule has 2 saturated carbocycles. The van der Waals surface area contributed by atoms with Crippen LogP contribution in [0.3, 0.4) is 0 Å². The quantitative estimate of drug-likeness (QED) is 0.678. The SMILES string of the molecule is C=C[C@@](C)(O)CC[C@@]1(C)[C@H](C)CC[C@@]2(C)C(=C)CCC[C@H]12. The molecule has 2 rings (SSSR count). The predicted molar refractivity (Wildman–Crippen MR) is 91.1 cm³/mol. The summed E-state index contributed by atoms with van der Waals surface area (Å²) in [5.74, 6) is 1.44. The van der Waals surface area contributed by atoms with E-state index in [0.29, 0.717) is 10.8 Å². The van der Waals surface area contributed by atoms with Crippen LogP contribution < -0.4 is 0 Å². The van der Waals surface area contributed by atoms with E-state index < -0.39 is 5.60 Å². The molecule has 2 fully saturated rings. The van der Waals surface area contributed by atoms with E-state index >= 15 is 0 Å². The van der Waals surface area contributed by atoms with Gasteiger partial charge in [0.25, 0.3) is 0 Å². The van der Waals surface area contributed by atoms with Crippen LogP contribution in [0.2, 0.25) is 0 Å². The van der Waals surface area contributed by atoms with E-state index in [1.807, 2.05) is 6.92 Å². The normalized spacial score (nSPS) is 43.0. The van der Waals surface area contributed by atoms with Gasteiger partial charge >= 0.3 is 0 Å². The highest BCUT2D eigenvalue weighted by Gasteiger charge is 2.53. The van der Waals surface area contributed by atoms with Crippen molar-refractivity contribution in [2.75, 3.05) is 0 Å². The molecule has 120 valence electrons. The van der Waals surface area contributed by atoms with Gasteiger partial charge in [0.15, 0.2) is 0 Å². The molecule has 0 spiro atoms. The van der Waals surface area contributed by atoms with Crippen molar-refractivity contribution in [3.8, 4) is 0 Å². The van der Waals surface area contributed by atoms with Crippen LogP contribution in [-0.4, -0.2) is 10.7 Å². The molecule has 2 aliphatic carbocycles. The van der Waals surface area contributed by atoms with Gasteiger partial charge in [-0.05, 0) is 74.5 Å². The second-order valence-corrected chi connectivity index (χ2v) is 8.47. The fourth-order valence-electron chi connectivity index (χ4n) is 5.01. The van der Waals surface area contributed by atoms with E-state index in [-0.39, 0.29) is 0 Å². The van der Waals surface area contributed by atoms with Crippen LogP contribution >= 0.6 is 0 Å². The van der Waals surface area contributed by atoms with Gasteiger partial charge in [0, 0.05) is 0 Å². The number of hydrogen-bond donors (Lipinski definition) is 1. The van der Waals surface area contributed by atoms with Gasteiger partial charge in [-0.1, -0.05) is 39.0 Å². The van der Waals surface area contributed by atoms with Crippen molar-refractivity contribution in [3.05, 3.63) is 24.8 Å². The molecule has 0 aromatic heterocycles. The van der Waals surface area contributed by atoms with Gasteiger partial charge < -0.3 is 5.11 Å². The van der Waals surface area contributed by atoms with Gasteiger partial charge in [0.05, 0.1) is 5.60 Å². The molecule has 0 radical (unpaired) electrons. The van der Waals surface area contributed by atoms with E-state index in [4.69, 9.17) is 0 Å². The lowest BCUT2D eigenvalue weighted by Crippen LogP contribution is -2.50. The zero-order valence-corrected chi connectivity index (χ0v) is 14.5. The van der Waals surface area contributed by atoms with Crippen molar-refractivity contribution < 1.29 is 5.11 Å². The van der Waals surface area contributed by atoms with Crippen LogP contribution in [0.1, 0.15) is 72.6 Å². The smallest absolute Gasteiger partial charge is 0.0797 e. The number of aliphatic hydroxyl groups is 1. The van der Waals surface area contributed by atoms with Crippen molar-refractivity contribution in [1.29, 1.82) is 0 Å². The minimum atomic E-state index is -0.734. The number of hydrogen-bond acceptors (Lipinski definition) is 1. The number of allylic oxidation sites excluding steroid dienone is 1. The van der Waals surface area contributed by atoms with Crippen molar-refractivity contribution >= 4 is 0 Å². The molecule has 0 amide bonds. The summed E-state index contributed by atoms with van der Waals surface area (Å²) in [7, 11) is 0. The number of rotatable bonds is 4. The molecule has 0 heterocycles. The summed E-state index contributed by atoms with van der Waals surface area (Å²) in [5.41, 5.74) is 1.37. The van der Waals surface area contributed by atoms with Crippen molar-refractivity contribution in [2.24, 2.45) is 22.7 Å². The first-order valence-corrected chi connectivity index (χ1v) is 8.70. The van der Waals surface area contributed by atoms with E-state index in [0.717, 1.165) is 24.7 Å². The van der Waals surface area contributed by atoms with Gasteiger partial charge in [-0.3, -0.25) is 0 Å². The lowest BCUT2D eigenvalue weighted by atomic mass is 9.46. The second-order valence-electron chi connectivity index (χ2n) is 8.47. The summed E-state index contributed by atoms with van der Waals surface area (Å²) < 4.78 is 0. The third kappa shape index (κ3) is 2.86. The minimum absolute atomic E-state index is 0.309. The Bertz CT molecular complexity index is 422. The van der Waals surface area contributed by atoms with Gasteiger partial charge in [0.1, 0.15) is 0 Å². The van der Waals surface area contributed by atoms with Crippen LogP contribution in [0, 0.1) is 22.7 Å². The van der Waals surface area contributed by atoms with Gasteiger partial charge in [-0.2, -0.15) is 0 Å². The molecule has 1 heteroatoms. The molecule has 0 aromatic rings. The van der Waals surface area contributed by atoms with E-state index in [2.05, 4.69) is 33.9 Å². The Morgan fingerprint density at radius 1 is 1.38 bits per heavy atom. The monoisotopic (exact) mass is 290 g/mol. The third-order valence-corrected chi connectivity index (χ3v) is 7.18. The van der Waals surface area contributed by atoms with E-state index in [1.165, 1.54) is 37.7 Å². The Morgan fingerprint density at radius 3 is 2.67 bits per heavy atom. The maximum atomic E-state index is 10.3. The fraction of sp³-hybridized carbons (Fsp3) is 0.800. The summed E-state index contributed by atoms with van der Waals surface area (Å²) in [6.45, 7) is 17.4. The van der Waals surface area contributed by atoms with Crippen LogP contribution in [0.15, 0.2) is 24.8 Å². The zero-order valence-electron chi connectivity index (χ0n) is 14.5. The molecule has 0 bridgehead atoms. The van der Waals surface area contributed by atoms with Gasteiger partial charge in [-0.25, -0.2) is 0 Å². The van der Waals surface area contributed by atoms with Crippen molar-refractivity contribution in [1.82, 2.24) is 0 Å². The molecule has 0 aliphatic heterocycles. The zero-order chi connectivity index (χ0) is 15.9. The van der Waals surface area contributed by atoms with Crippen LogP contribution in [0.5, 0.6) is 0 Å². The summed E-state index contributed by atoms with van der Waals surface area (Å²) in [6.07, 6.45) is 10.0. The molecule has 1 nitrogen and oxygen atoms in total. The highest BCUT2D eigenvalue weighted by molar-refractivity contribution is 5.19. The van der Waals surface area contributed by atoms with Crippen LogP contribution in [0.4, 0.5) is 0 Å². The minimum Gasteiger partial charge on any atom is -0.386 e. The Hall–Kier alpha value is -0.560. The van der Waals surface area contributed by atoms with Crippen molar-refractivity contribution in [3.63, 3.8) is 0 Å². The van der Waals surface area contributed by atoms with Crippen LogP contribution in [-0.2, 0) is 0 Å². The molecule has 0 unspecified atom stereocenters. The van der Waals surface area contributed by atoms with Crippen LogP contribution in [0.25, 0.3) is 0 Å². The fourth-order valence-corrected chi connectivity index (χ4v) is 5.01. The first-order valence-electron chi connectivity index (χ1n) is 8.70. The molecular weight excluding hydrogens is 256 g/mol. The topological polar surface area (TPSA) is 20.2 Å². The lowest BCUT2D eigenvalue weighted by Gasteiger charge is -2.59. The molecule has 2 aliphatic rings. The molecule has 21 heavy (non-hydrogen) atoms. The van der Waals surface area contributed by atoms with E-state index in [1.54, 1.807) is 6.08 Å². The molecular formula is C20H34O. The predicted octanol–water partition coefficient (Wildman–Crippen LogP) is 5.50. The Balaban J connectivity index is 2.25. The summed E-state index contributed by atoms with van der Waals surface area (Å²) in [4.78, 5) is 0. The third-order valence-electron chi connectivity index (χ3n) is 7.18. The first-order chi connectivity index (χ1) is 9.66. The summed E-state index contributed by atoms with van der Waals surface area (Å²) in [6, 6.07) is 0. The maximum Gasteiger partial charge on any atom is 0.0797 e. The van der Waals surface area contributed by atoms with Crippen molar-refractivity contribution in [2.45, 2.75) is 78.2 Å². The second kappa shape index (κ2) is 5.57. The average Bonchev–Trinajstić information content (AvgIpc) is 2.44. The summed E-state index contributed by atoms with van der Waals surface area (Å²) >= 11 is 0. The average molecular weight is 290 g/mol. The standard InChI is InChI=1S/C20H34O/c1-7-18(4,21)13-14-20(6)16(3)11-12-19(5)15(2)9-8-10-17(19)20/h7,16-17,21H,1-2,8-14H2,3-6H3/t16-,17+,18-,19+,20+/m1/s1. The Labute approximate surface area is 131 Å². The Kier molecular flexibility index (Phi) is 4.46. The largest absolute Gasteiger partial charge is 0.386 e. The molecule has 5 atom stereocenters. The highest BCUT2D eigenvalue weighted by atomic mass is 16.3. The van der Waals surface area contributed by atoms with Gasteiger partial charge in [-0.15, -0.1) is 6.58 Å². The molecule has 0 saturated heterocycles.